The first-order chi connectivity index (χ1) is 11.2. The zero-order chi connectivity index (χ0) is 15.9. The summed E-state index contributed by atoms with van der Waals surface area (Å²) in [6.07, 6.45) is 7.46. The van der Waals surface area contributed by atoms with Crippen LogP contribution in [-0.4, -0.2) is 45.5 Å². The number of aromatic nitrogens is 1. The van der Waals surface area contributed by atoms with Crippen LogP contribution < -0.4 is 4.74 Å². The molecule has 1 spiro atoms. The predicted octanol–water partition coefficient (Wildman–Crippen LogP) is 2.80. The lowest BCUT2D eigenvalue weighted by atomic mass is 9.92. The van der Waals surface area contributed by atoms with Gasteiger partial charge in [-0.25, -0.2) is 9.37 Å². The maximum absolute atomic E-state index is 13.6. The zero-order valence-electron chi connectivity index (χ0n) is 12.8. The van der Waals surface area contributed by atoms with E-state index in [1.165, 1.54) is 12.3 Å². The van der Waals surface area contributed by atoms with Crippen molar-refractivity contribution < 1.29 is 13.9 Å². The van der Waals surface area contributed by atoms with Gasteiger partial charge in [0.05, 0.1) is 4.75 Å². The fourth-order valence-electron chi connectivity index (χ4n) is 3.58. The maximum Gasteiger partial charge on any atom is 0.250 e. The summed E-state index contributed by atoms with van der Waals surface area (Å²) < 4.78 is 19.4. The molecule has 3 aliphatic rings. The van der Waals surface area contributed by atoms with Crippen LogP contribution in [0.1, 0.15) is 25.7 Å². The Morgan fingerprint density at radius 1 is 1.48 bits per heavy atom. The summed E-state index contributed by atoms with van der Waals surface area (Å²) in [5.74, 6) is 0.685. The molecule has 1 unspecified atom stereocenters. The normalized spacial score (nSPS) is 25.3. The highest BCUT2D eigenvalue weighted by Gasteiger charge is 2.51. The summed E-state index contributed by atoms with van der Waals surface area (Å²) in [6, 6.07) is 2.92. The molecule has 1 aromatic heterocycles. The third kappa shape index (κ3) is 2.84. The number of ether oxygens (including phenoxy) is 1. The van der Waals surface area contributed by atoms with Crippen molar-refractivity contribution in [3.63, 3.8) is 0 Å². The fraction of sp³-hybridized carbons (Fsp3) is 0.529. The van der Waals surface area contributed by atoms with Crippen LogP contribution in [0.5, 0.6) is 5.88 Å². The van der Waals surface area contributed by atoms with E-state index in [-0.39, 0.29) is 22.6 Å². The van der Waals surface area contributed by atoms with E-state index >= 15 is 0 Å². The van der Waals surface area contributed by atoms with E-state index in [0.29, 0.717) is 0 Å². The predicted molar refractivity (Wildman–Crippen MR) is 86.9 cm³/mol. The molecule has 2 aliphatic heterocycles. The summed E-state index contributed by atoms with van der Waals surface area (Å²) >= 11 is 1.84. The number of halogens is 1. The number of amides is 1. The van der Waals surface area contributed by atoms with E-state index in [1.807, 2.05) is 16.7 Å². The van der Waals surface area contributed by atoms with Crippen LogP contribution in [0.25, 0.3) is 0 Å². The number of carbonyl (C=O) groups excluding carboxylic acids is 1. The Morgan fingerprint density at radius 3 is 3.09 bits per heavy atom. The molecule has 122 valence electrons. The second kappa shape index (κ2) is 5.82. The van der Waals surface area contributed by atoms with Crippen LogP contribution in [0, 0.1) is 5.82 Å². The minimum atomic E-state index is -0.419. The Kier molecular flexibility index (Phi) is 3.79. The average Bonchev–Trinajstić information content (AvgIpc) is 3.17. The van der Waals surface area contributed by atoms with Gasteiger partial charge in [-0.2, -0.15) is 0 Å². The average molecular weight is 334 g/mol. The molecule has 0 bridgehead atoms. The van der Waals surface area contributed by atoms with E-state index in [1.54, 1.807) is 6.07 Å². The van der Waals surface area contributed by atoms with Crippen LogP contribution in [0.15, 0.2) is 30.0 Å². The number of likely N-dealkylation sites (tertiary alicyclic amines) is 1. The Balaban J connectivity index is 1.33. The van der Waals surface area contributed by atoms with Gasteiger partial charge in [0, 0.05) is 37.0 Å². The van der Waals surface area contributed by atoms with Crippen LogP contribution >= 0.6 is 11.8 Å². The van der Waals surface area contributed by atoms with Gasteiger partial charge >= 0.3 is 0 Å². The Labute approximate surface area is 139 Å². The summed E-state index contributed by atoms with van der Waals surface area (Å²) in [5.41, 5.74) is 0.978. The molecule has 3 heterocycles. The maximum atomic E-state index is 13.6. The Morgan fingerprint density at radius 2 is 2.35 bits per heavy atom. The van der Waals surface area contributed by atoms with Gasteiger partial charge in [0.2, 0.25) is 5.91 Å². The molecule has 23 heavy (non-hydrogen) atoms. The number of hydrogen-bond acceptors (Lipinski definition) is 4. The van der Waals surface area contributed by atoms with Gasteiger partial charge in [-0.1, -0.05) is 6.08 Å². The molecule has 0 N–H and O–H groups in total. The smallest absolute Gasteiger partial charge is 0.250 e. The summed E-state index contributed by atoms with van der Waals surface area (Å²) in [5, 5.41) is 0. The van der Waals surface area contributed by atoms with Gasteiger partial charge in [-0.15, -0.1) is 11.8 Å². The first-order valence-corrected chi connectivity index (χ1v) is 9.03. The van der Waals surface area contributed by atoms with E-state index in [9.17, 15) is 9.18 Å². The second-order valence-corrected chi connectivity index (χ2v) is 8.00. The standard InChI is InChI=1S/C17H19FN2O2S/c18-14-6-3-7-19-15(14)22-13-8-17(23-9-13)10-20(11-17)16(21)12-4-1-2-5-12/h3-4,6-7,13H,1-2,5,8-11H2. The number of pyridine rings is 1. The number of allylic oxidation sites excluding steroid dienone is 1. The van der Waals surface area contributed by atoms with Gasteiger partial charge < -0.3 is 9.64 Å². The molecular weight excluding hydrogens is 315 g/mol. The third-order valence-corrected chi connectivity index (χ3v) is 6.31. The molecule has 0 radical (unpaired) electrons. The molecule has 2 saturated heterocycles. The highest BCUT2D eigenvalue weighted by molar-refractivity contribution is 8.01. The lowest BCUT2D eigenvalue weighted by molar-refractivity contribution is -0.132. The number of thioether (sulfide) groups is 1. The molecule has 0 saturated carbocycles. The number of carbonyl (C=O) groups is 1. The third-order valence-electron chi connectivity index (χ3n) is 4.74. The monoisotopic (exact) mass is 334 g/mol. The topological polar surface area (TPSA) is 42.4 Å². The largest absolute Gasteiger partial charge is 0.471 e. The fourth-order valence-corrected chi connectivity index (χ4v) is 5.10. The lowest BCUT2D eigenvalue weighted by Crippen LogP contribution is -2.61. The Hall–Kier alpha value is -1.56. The summed E-state index contributed by atoms with van der Waals surface area (Å²) in [6.45, 7) is 1.55. The van der Waals surface area contributed by atoms with Crippen molar-refractivity contribution in [1.29, 1.82) is 0 Å². The van der Waals surface area contributed by atoms with Gasteiger partial charge in [0.25, 0.3) is 5.88 Å². The molecule has 4 nitrogen and oxygen atoms in total. The number of nitrogens with zero attached hydrogens (tertiary/aromatic N) is 2. The van der Waals surface area contributed by atoms with Crippen molar-refractivity contribution in [3.05, 3.63) is 35.8 Å². The van der Waals surface area contributed by atoms with E-state index in [0.717, 1.165) is 50.1 Å². The Bertz CT molecular complexity index is 658. The van der Waals surface area contributed by atoms with Gasteiger partial charge in [-0.3, -0.25) is 4.79 Å². The highest BCUT2D eigenvalue weighted by Crippen LogP contribution is 2.46. The molecule has 1 aromatic rings. The van der Waals surface area contributed by atoms with Crippen molar-refractivity contribution in [2.45, 2.75) is 36.5 Å². The molecule has 6 heteroatoms. The number of rotatable bonds is 3. The van der Waals surface area contributed by atoms with Crippen molar-refractivity contribution in [1.82, 2.24) is 9.88 Å². The lowest BCUT2D eigenvalue weighted by Gasteiger charge is -2.47. The van der Waals surface area contributed by atoms with E-state index < -0.39 is 5.82 Å². The molecule has 0 aromatic carbocycles. The van der Waals surface area contributed by atoms with E-state index in [2.05, 4.69) is 11.1 Å². The first-order valence-electron chi connectivity index (χ1n) is 8.05. The minimum absolute atomic E-state index is 0.0349. The van der Waals surface area contributed by atoms with Crippen molar-refractivity contribution >= 4 is 17.7 Å². The van der Waals surface area contributed by atoms with Gasteiger partial charge in [0.15, 0.2) is 5.82 Å². The van der Waals surface area contributed by atoms with Crippen molar-refractivity contribution in [2.75, 3.05) is 18.8 Å². The van der Waals surface area contributed by atoms with Crippen molar-refractivity contribution in [2.24, 2.45) is 0 Å². The molecule has 4 rings (SSSR count). The molecular formula is C17H19FN2O2S. The van der Waals surface area contributed by atoms with Crippen molar-refractivity contribution in [3.8, 4) is 5.88 Å². The van der Waals surface area contributed by atoms with Gasteiger partial charge in [-0.05, 0) is 31.4 Å². The molecule has 1 amide bonds. The van der Waals surface area contributed by atoms with Crippen LogP contribution in [0.3, 0.4) is 0 Å². The first kappa shape index (κ1) is 15.0. The van der Waals surface area contributed by atoms with Crippen LogP contribution in [-0.2, 0) is 4.79 Å². The minimum Gasteiger partial charge on any atom is -0.471 e. The SMILES string of the molecule is O=C(C1=CCCC1)N1CC2(CC(Oc3ncccc3F)CS2)C1. The zero-order valence-corrected chi connectivity index (χ0v) is 13.7. The number of hydrogen-bond donors (Lipinski definition) is 0. The van der Waals surface area contributed by atoms with Crippen LogP contribution in [0.2, 0.25) is 0 Å². The van der Waals surface area contributed by atoms with Gasteiger partial charge in [0.1, 0.15) is 6.10 Å². The molecule has 1 atom stereocenters. The van der Waals surface area contributed by atoms with Crippen LogP contribution in [0.4, 0.5) is 4.39 Å². The molecule has 1 aliphatic carbocycles. The quantitative estimate of drug-likeness (QED) is 0.852. The van der Waals surface area contributed by atoms with E-state index in [4.69, 9.17) is 4.74 Å². The summed E-state index contributed by atoms with van der Waals surface area (Å²) in [7, 11) is 0. The summed E-state index contributed by atoms with van der Waals surface area (Å²) in [4.78, 5) is 18.2. The second-order valence-electron chi connectivity index (χ2n) is 6.51. The highest BCUT2D eigenvalue weighted by atomic mass is 32.2. The molecule has 2 fully saturated rings.